The van der Waals surface area contributed by atoms with Crippen molar-refractivity contribution >= 4 is 21.9 Å². The fourth-order valence-electron chi connectivity index (χ4n) is 4.17. The molecular formula is C31H31BrN2O6. The normalized spacial score (nSPS) is 14.2. The lowest BCUT2D eigenvalue weighted by molar-refractivity contribution is -0.136. The predicted octanol–water partition coefficient (Wildman–Crippen LogP) is 6.48. The van der Waals surface area contributed by atoms with E-state index in [4.69, 9.17) is 29.4 Å². The van der Waals surface area contributed by atoms with E-state index in [0.29, 0.717) is 47.7 Å². The summed E-state index contributed by atoms with van der Waals surface area (Å²) in [6.45, 7) is 6.95. The van der Waals surface area contributed by atoms with Crippen LogP contribution in [0.5, 0.6) is 28.7 Å². The average Bonchev–Trinajstić information content (AvgIpc) is 2.92. The number of carbonyl (C=O) groups excluding carboxylic acids is 1. The van der Waals surface area contributed by atoms with E-state index in [2.05, 4.69) is 35.8 Å². The van der Waals surface area contributed by atoms with E-state index in [-0.39, 0.29) is 23.8 Å². The second-order valence-electron chi connectivity index (χ2n) is 9.51. The van der Waals surface area contributed by atoms with E-state index in [1.807, 2.05) is 37.3 Å². The highest BCUT2D eigenvalue weighted by atomic mass is 79.9. The van der Waals surface area contributed by atoms with Crippen molar-refractivity contribution in [2.45, 2.75) is 33.1 Å². The minimum atomic E-state index is -0.578. The third-order valence-corrected chi connectivity index (χ3v) is 6.67. The average molecular weight is 608 g/mol. The first-order chi connectivity index (χ1) is 19.3. The van der Waals surface area contributed by atoms with Crippen LogP contribution in [0.25, 0.3) is 0 Å². The van der Waals surface area contributed by atoms with Crippen molar-refractivity contribution < 1.29 is 28.5 Å². The first kappa shape index (κ1) is 28.8. The van der Waals surface area contributed by atoms with Gasteiger partial charge in [0.05, 0.1) is 19.1 Å². The van der Waals surface area contributed by atoms with Crippen LogP contribution in [-0.4, -0.2) is 25.8 Å². The molecule has 1 unspecified atom stereocenters. The number of nitrogens with two attached hydrogens (primary N) is 1. The monoisotopic (exact) mass is 606 g/mol. The van der Waals surface area contributed by atoms with Gasteiger partial charge in [-0.05, 0) is 67.3 Å². The lowest BCUT2D eigenvalue weighted by atomic mass is 9.83. The molecule has 1 heterocycles. The Kier molecular flexibility index (Phi) is 9.56. The number of esters is 1. The first-order valence-corrected chi connectivity index (χ1v) is 13.8. The number of benzene rings is 3. The number of hydrogen-bond donors (Lipinski definition) is 1. The van der Waals surface area contributed by atoms with Crippen molar-refractivity contribution in [3.05, 3.63) is 87.7 Å². The van der Waals surface area contributed by atoms with Gasteiger partial charge in [-0.1, -0.05) is 41.9 Å². The lowest BCUT2D eigenvalue weighted by Crippen LogP contribution is -2.22. The Morgan fingerprint density at radius 1 is 1.02 bits per heavy atom. The molecule has 40 heavy (non-hydrogen) atoms. The number of carbonyl (C=O) groups is 1. The molecule has 0 radical (unpaired) electrons. The Labute approximate surface area is 242 Å². The fourth-order valence-corrected chi connectivity index (χ4v) is 4.44. The molecule has 0 saturated carbocycles. The molecule has 0 fully saturated rings. The largest absolute Gasteiger partial charge is 0.490 e. The second-order valence-corrected chi connectivity index (χ2v) is 10.4. The molecule has 9 heteroatoms. The van der Waals surface area contributed by atoms with Crippen LogP contribution >= 0.6 is 15.9 Å². The molecule has 3 aromatic rings. The minimum Gasteiger partial charge on any atom is -0.490 e. The van der Waals surface area contributed by atoms with Crippen molar-refractivity contribution in [3.8, 4) is 34.8 Å². The maximum Gasteiger partial charge on any atom is 0.349 e. The number of hydrogen-bond acceptors (Lipinski definition) is 8. The quantitative estimate of drug-likeness (QED) is 0.195. The van der Waals surface area contributed by atoms with E-state index in [1.54, 1.807) is 30.3 Å². The topological polar surface area (TPSA) is 113 Å². The third kappa shape index (κ3) is 7.07. The second kappa shape index (κ2) is 13.3. The van der Waals surface area contributed by atoms with Crippen molar-refractivity contribution in [1.29, 1.82) is 5.26 Å². The molecule has 8 nitrogen and oxygen atoms in total. The number of halogens is 1. The first-order valence-electron chi connectivity index (χ1n) is 13.0. The van der Waals surface area contributed by atoms with E-state index in [1.165, 1.54) is 0 Å². The van der Waals surface area contributed by atoms with Crippen LogP contribution in [0.15, 0.2) is 76.6 Å². The molecule has 0 aliphatic carbocycles. The van der Waals surface area contributed by atoms with E-state index in [9.17, 15) is 10.1 Å². The highest BCUT2D eigenvalue weighted by molar-refractivity contribution is 9.10. The summed E-state index contributed by atoms with van der Waals surface area (Å²) in [6.07, 6.45) is 0.918. The molecule has 0 amide bonds. The number of rotatable bonds is 11. The van der Waals surface area contributed by atoms with Crippen molar-refractivity contribution in [1.82, 2.24) is 0 Å². The van der Waals surface area contributed by atoms with Crippen LogP contribution in [0.1, 0.15) is 44.2 Å². The van der Waals surface area contributed by atoms with E-state index >= 15 is 0 Å². The summed E-state index contributed by atoms with van der Waals surface area (Å²) in [5.41, 5.74) is 7.94. The van der Waals surface area contributed by atoms with Gasteiger partial charge in [-0.15, -0.1) is 0 Å². The zero-order chi connectivity index (χ0) is 28.6. The summed E-state index contributed by atoms with van der Waals surface area (Å²) >= 11 is 3.36. The maximum absolute atomic E-state index is 12.4. The number of allylic oxidation sites excluding steroid dienone is 1. The van der Waals surface area contributed by atoms with E-state index in [0.717, 1.165) is 16.5 Å². The van der Waals surface area contributed by atoms with Gasteiger partial charge in [-0.3, -0.25) is 0 Å². The van der Waals surface area contributed by atoms with Crippen LogP contribution in [-0.2, 0) is 4.79 Å². The molecule has 0 saturated heterocycles. The molecule has 2 N–H and O–H groups in total. The van der Waals surface area contributed by atoms with E-state index < -0.39 is 11.9 Å². The Bertz CT molecular complexity index is 1430. The van der Waals surface area contributed by atoms with Gasteiger partial charge < -0.3 is 29.4 Å². The highest BCUT2D eigenvalue weighted by Gasteiger charge is 2.32. The van der Waals surface area contributed by atoms with Gasteiger partial charge >= 0.3 is 5.97 Å². The highest BCUT2D eigenvalue weighted by Crippen LogP contribution is 2.45. The molecule has 0 bridgehead atoms. The summed E-state index contributed by atoms with van der Waals surface area (Å²) in [6, 6.07) is 19.9. The molecule has 4 rings (SSSR count). The Morgan fingerprint density at radius 3 is 2.48 bits per heavy atom. The molecule has 0 spiro atoms. The number of fused-ring (bicyclic) bond motifs is 1. The summed E-state index contributed by atoms with van der Waals surface area (Å²) in [5.74, 6) is 1.83. The van der Waals surface area contributed by atoms with Gasteiger partial charge in [0.25, 0.3) is 0 Å². The van der Waals surface area contributed by atoms with Gasteiger partial charge in [0.15, 0.2) is 18.1 Å². The van der Waals surface area contributed by atoms with Crippen LogP contribution < -0.4 is 29.4 Å². The van der Waals surface area contributed by atoms with Gasteiger partial charge in [-0.2, -0.15) is 5.26 Å². The zero-order valence-electron chi connectivity index (χ0n) is 22.6. The number of nitrogens with zero attached hydrogens (tertiary/aromatic N) is 1. The molecular weight excluding hydrogens is 576 g/mol. The summed E-state index contributed by atoms with van der Waals surface area (Å²) < 4.78 is 29.5. The van der Waals surface area contributed by atoms with Crippen LogP contribution in [0.2, 0.25) is 0 Å². The van der Waals surface area contributed by atoms with Crippen molar-refractivity contribution in [2.75, 3.05) is 19.8 Å². The molecule has 1 aliphatic heterocycles. The SMILES string of the molecule is CCOc1cc(C2C(C#N)=C(N)Oc3cc(OC(=O)COc4ccc(Br)cc4)ccc32)ccc1OCCC(C)C. The Balaban J connectivity index is 1.56. The lowest BCUT2D eigenvalue weighted by Gasteiger charge is -2.27. The van der Waals surface area contributed by atoms with Crippen molar-refractivity contribution in [3.63, 3.8) is 0 Å². The van der Waals surface area contributed by atoms with Gasteiger partial charge in [-0.25, -0.2) is 4.79 Å². The van der Waals surface area contributed by atoms with Crippen LogP contribution in [0, 0.1) is 17.2 Å². The number of ether oxygens (including phenoxy) is 5. The summed E-state index contributed by atoms with van der Waals surface area (Å²) in [4.78, 5) is 12.4. The third-order valence-electron chi connectivity index (χ3n) is 6.15. The molecule has 1 atom stereocenters. The molecule has 3 aromatic carbocycles. The minimum absolute atomic E-state index is 0.0164. The smallest absolute Gasteiger partial charge is 0.349 e. The Hall–Kier alpha value is -4.16. The van der Waals surface area contributed by atoms with Crippen LogP contribution in [0.4, 0.5) is 0 Å². The number of nitriles is 1. The molecule has 208 valence electrons. The van der Waals surface area contributed by atoms with Gasteiger partial charge in [0, 0.05) is 16.1 Å². The zero-order valence-corrected chi connectivity index (χ0v) is 24.2. The Morgan fingerprint density at radius 2 is 1.77 bits per heavy atom. The standard InChI is InChI=1S/C31H31BrN2O6/c1-4-36-28-15-20(5-12-26(28)37-14-13-19(2)3)30-24-11-10-23(16-27(24)40-31(34)25(30)17-33)39-29(35)18-38-22-8-6-21(32)7-9-22/h5-12,15-16,19,30H,4,13-14,18,34H2,1-3H3. The summed E-state index contributed by atoms with van der Waals surface area (Å²) in [5, 5.41) is 9.95. The van der Waals surface area contributed by atoms with Gasteiger partial charge in [0.1, 0.15) is 28.9 Å². The van der Waals surface area contributed by atoms with Crippen molar-refractivity contribution in [2.24, 2.45) is 11.7 Å². The maximum atomic E-state index is 12.4. The fraction of sp³-hybridized carbons (Fsp3) is 0.290. The summed E-state index contributed by atoms with van der Waals surface area (Å²) in [7, 11) is 0. The predicted molar refractivity (Wildman–Crippen MR) is 154 cm³/mol. The van der Waals surface area contributed by atoms with Gasteiger partial charge in [0.2, 0.25) is 5.88 Å². The molecule has 0 aromatic heterocycles. The van der Waals surface area contributed by atoms with Crippen LogP contribution in [0.3, 0.4) is 0 Å². The molecule has 1 aliphatic rings.